The number of amides is 1. The van der Waals surface area contributed by atoms with E-state index in [2.05, 4.69) is 9.97 Å². The van der Waals surface area contributed by atoms with Crippen LogP contribution in [0.4, 0.5) is 27.6 Å². The second-order valence-electron chi connectivity index (χ2n) is 7.01. The molecule has 4 rings (SSSR count). The first-order chi connectivity index (χ1) is 14.1. The fraction of sp³-hybridized carbons (Fsp3) is 0.300. The number of anilines is 1. The van der Waals surface area contributed by atoms with Crippen LogP contribution in [-0.2, 0) is 6.18 Å². The Hall–Kier alpha value is -2.62. The summed E-state index contributed by atoms with van der Waals surface area (Å²) in [6.07, 6.45) is -6.73. The lowest BCUT2D eigenvalue weighted by Gasteiger charge is -2.23. The van der Waals surface area contributed by atoms with E-state index >= 15 is 0 Å². The summed E-state index contributed by atoms with van der Waals surface area (Å²) >= 11 is 1.42. The van der Waals surface area contributed by atoms with E-state index in [9.17, 15) is 26.7 Å². The van der Waals surface area contributed by atoms with Crippen molar-refractivity contribution in [3.05, 3.63) is 53.3 Å². The van der Waals surface area contributed by atoms with E-state index in [1.807, 2.05) is 6.92 Å². The molecule has 1 unspecified atom stereocenters. The number of benzene rings is 2. The summed E-state index contributed by atoms with van der Waals surface area (Å²) in [6.45, 7) is 2.19. The zero-order valence-corrected chi connectivity index (χ0v) is 16.5. The molecular weight excluding hydrogens is 425 g/mol. The van der Waals surface area contributed by atoms with Gasteiger partial charge in [-0.05, 0) is 42.8 Å². The Morgan fingerprint density at radius 3 is 2.70 bits per heavy atom. The molecule has 0 saturated heterocycles. The van der Waals surface area contributed by atoms with Crippen molar-refractivity contribution in [3.63, 3.8) is 0 Å². The van der Waals surface area contributed by atoms with Gasteiger partial charge in [-0.1, -0.05) is 6.92 Å². The average Bonchev–Trinajstić information content (AvgIpc) is 3.04. The van der Waals surface area contributed by atoms with E-state index in [0.29, 0.717) is 11.3 Å². The third-order valence-electron chi connectivity index (χ3n) is 4.86. The quantitative estimate of drug-likeness (QED) is 0.493. The summed E-state index contributed by atoms with van der Waals surface area (Å²) in [5.74, 6) is -1.00. The molecule has 0 aliphatic carbocycles. The maximum absolute atomic E-state index is 13.2. The number of hydrogen-bond donors (Lipinski definition) is 1. The predicted molar refractivity (Wildman–Crippen MR) is 104 cm³/mol. The molecule has 0 fully saturated rings. The molecule has 1 aliphatic rings. The van der Waals surface area contributed by atoms with Gasteiger partial charge in [-0.2, -0.15) is 13.2 Å². The number of fused-ring (bicyclic) bond motifs is 2. The van der Waals surface area contributed by atoms with Gasteiger partial charge in [0.1, 0.15) is 0 Å². The SMILES string of the molecule is CC1CCN(C(=O)c2ccc3nc(C(F)F)[nH]c3c2)c2cc(C(F)(F)F)ccc2S1. The van der Waals surface area contributed by atoms with Gasteiger partial charge in [0.05, 0.1) is 22.3 Å². The molecule has 1 N–H and O–H groups in total. The summed E-state index contributed by atoms with van der Waals surface area (Å²) in [7, 11) is 0. The minimum absolute atomic E-state index is 0.113. The second kappa shape index (κ2) is 7.57. The number of aromatic nitrogens is 2. The standard InChI is InChI=1S/C20H16F5N3OS/c1-10-6-7-28(15-9-12(20(23,24)25)3-5-16(15)30-10)19(29)11-2-4-13-14(8-11)27-18(26-13)17(21)22/h2-5,8-10,17H,6-7H2,1H3,(H,26,27). The van der Waals surface area contributed by atoms with Crippen molar-refractivity contribution in [2.24, 2.45) is 0 Å². The van der Waals surface area contributed by atoms with Crippen LogP contribution >= 0.6 is 11.8 Å². The van der Waals surface area contributed by atoms with Crippen LogP contribution in [0.2, 0.25) is 0 Å². The number of imidazole rings is 1. The van der Waals surface area contributed by atoms with Crippen LogP contribution in [0.3, 0.4) is 0 Å². The van der Waals surface area contributed by atoms with Crippen LogP contribution in [0.5, 0.6) is 0 Å². The number of alkyl halides is 5. The zero-order chi connectivity index (χ0) is 21.6. The molecule has 10 heteroatoms. The number of H-pyrrole nitrogens is 1. The molecule has 1 aliphatic heterocycles. The number of aromatic amines is 1. The highest BCUT2D eigenvalue weighted by Crippen LogP contribution is 2.41. The van der Waals surface area contributed by atoms with Gasteiger partial charge >= 0.3 is 6.18 Å². The first-order valence-corrected chi connectivity index (χ1v) is 9.99. The molecular formula is C20H16F5N3OS. The Morgan fingerprint density at radius 2 is 2.00 bits per heavy atom. The van der Waals surface area contributed by atoms with Crippen LogP contribution in [0.1, 0.15) is 41.5 Å². The van der Waals surface area contributed by atoms with E-state index in [4.69, 9.17) is 0 Å². The molecule has 3 aromatic rings. The molecule has 1 atom stereocenters. The van der Waals surface area contributed by atoms with Crippen molar-refractivity contribution >= 4 is 34.4 Å². The molecule has 0 radical (unpaired) electrons. The van der Waals surface area contributed by atoms with E-state index < -0.39 is 29.9 Å². The molecule has 2 aromatic carbocycles. The van der Waals surface area contributed by atoms with E-state index in [1.165, 1.54) is 40.9 Å². The fourth-order valence-corrected chi connectivity index (χ4v) is 4.44. The lowest BCUT2D eigenvalue weighted by molar-refractivity contribution is -0.137. The molecule has 0 saturated carbocycles. The normalized spacial score (nSPS) is 17.3. The van der Waals surface area contributed by atoms with Crippen LogP contribution in [0.15, 0.2) is 41.3 Å². The lowest BCUT2D eigenvalue weighted by atomic mass is 10.1. The highest BCUT2D eigenvalue weighted by Gasteiger charge is 2.33. The van der Waals surface area contributed by atoms with Crippen molar-refractivity contribution < 1.29 is 26.7 Å². The number of carbonyl (C=O) groups excluding carboxylic acids is 1. The number of thioether (sulfide) groups is 1. The zero-order valence-electron chi connectivity index (χ0n) is 15.6. The summed E-state index contributed by atoms with van der Waals surface area (Å²) in [5.41, 5.74) is 0.0801. The maximum atomic E-state index is 13.2. The first kappa shape index (κ1) is 20.6. The summed E-state index contributed by atoms with van der Waals surface area (Å²) in [6, 6.07) is 7.66. The van der Waals surface area contributed by atoms with Gasteiger partial charge in [-0.3, -0.25) is 4.79 Å². The lowest BCUT2D eigenvalue weighted by Crippen LogP contribution is -2.32. The Bertz CT molecular complexity index is 1110. The highest BCUT2D eigenvalue weighted by molar-refractivity contribution is 8.00. The fourth-order valence-electron chi connectivity index (χ4n) is 3.34. The Kier molecular flexibility index (Phi) is 5.21. The Labute approximate surface area is 172 Å². The third-order valence-corrected chi connectivity index (χ3v) is 6.10. The van der Waals surface area contributed by atoms with Crippen LogP contribution in [-0.4, -0.2) is 27.7 Å². The van der Waals surface area contributed by atoms with Crippen LogP contribution < -0.4 is 4.90 Å². The van der Waals surface area contributed by atoms with Crippen molar-refractivity contribution in [1.82, 2.24) is 9.97 Å². The summed E-state index contributed by atoms with van der Waals surface area (Å²) in [4.78, 5) is 21.4. The number of nitrogens with zero attached hydrogens (tertiary/aromatic N) is 2. The van der Waals surface area contributed by atoms with E-state index in [1.54, 1.807) is 0 Å². The van der Waals surface area contributed by atoms with Gasteiger partial charge in [-0.15, -0.1) is 11.8 Å². The number of rotatable bonds is 2. The molecule has 1 aromatic heterocycles. The van der Waals surface area contributed by atoms with Crippen LogP contribution in [0, 0.1) is 0 Å². The van der Waals surface area contributed by atoms with Gasteiger partial charge in [0.2, 0.25) is 0 Å². The van der Waals surface area contributed by atoms with Crippen LogP contribution in [0.25, 0.3) is 11.0 Å². The van der Waals surface area contributed by atoms with E-state index in [-0.39, 0.29) is 34.1 Å². The minimum Gasteiger partial charge on any atom is -0.337 e. The topological polar surface area (TPSA) is 49.0 Å². The molecule has 30 heavy (non-hydrogen) atoms. The monoisotopic (exact) mass is 441 g/mol. The molecule has 2 heterocycles. The maximum Gasteiger partial charge on any atom is 0.416 e. The summed E-state index contributed by atoms with van der Waals surface area (Å²) < 4.78 is 65.5. The predicted octanol–water partition coefficient (Wildman–Crippen LogP) is 6.05. The molecule has 0 bridgehead atoms. The number of hydrogen-bond acceptors (Lipinski definition) is 3. The van der Waals surface area contributed by atoms with Crippen molar-refractivity contribution in [2.75, 3.05) is 11.4 Å². The largest absolute Gasteiger partial charge is 0.416 e. The van der Waals surface area contributed by atoms with E-state index in [0.717, 1.165) is 12.1 Å². The number of carbonyl (C=O) groups is 1. The molecule has 0 spiro atoms. The summed E-state index contributed by atoms with van der Waals surface area (Å²) in [5, 5.41) is 0.113. The van der Waals surface area contributed by atoms with Crippen molar-refractivity contribution in [2.45, 2.75) is 36.1 Å². The minimum atomic E-state index is -4.53. The van der Waals surface area contributed by atoms with Gasteiger partial charge in [0.25, 0.3) is 12.3 Å². The van der Waals surface area contributed by atoms with Crippen molar-refractivity contribution in [3.8, 4) is 0 Å². The van der Waals surface area contributed by atoms with Gasteiger partial charge in [0, 0.05) is 22.3 Å². The molecule has 1 amide bonds. The first-order valence-electron chi connectivity index (χ1n) is 9.11. The molecule has 4 nitrogen and oxygen atoms in total. The number of halogens is 5. The van der Waals surface area contributed by atoms with Gasteiger partial charge < -0.3 is 9.88 Å². The van der Waals surface area contributed by atoms with Crippen molar-refractivity contribution in [1.29, 1.82) is 0 Å². The average molecular weight is 441 g/mol. The van der Waals surface area contributed by atoms with Gasteiger partial charge in [0.15, 0.2) is 5.82 Å². The smallest absolute Gasteiger partial charge is 0.337 e. The third kappa shape index (κ3) is 3.88. The second-order valence-corrected chi connectivity index (χ2v) is 8.49. The highest BCUT2D eigenvalue weighted by atomic mass is 32.2. The number of nitrogens with one attached hydrogen (secondary N) is 1. The molecule has 158 valence electrons. The Morgan fingerprint density at radius 1 is 1.23 bits per heavy atom. The Balaban J connectivity index is 1.76. The van der Waals surface area contributed by atoms with Gasteiger partial charge in [-0.25, -0.2) is 13.8 Å².